The van der Waals surface area contributed by atoms with Gasteiger partial charge in [0, 0.05) is 29.7 Å². The molecule has 20 heavy (non-hydrogen) atoms. The highest BCUT2D eigenvalue weighted by Crippen LogP contribution is 2.28. The molecule has 0 saturated heterocycles. The van der Waals surface area contributed by atoms with Crippen molar-refractivity contribution >= 4 is 21.8 Å². The minimum atomic E-state index is -3.42. The summed E-state index contributed by atoms with van der Waals surface area (Å²) in [4.78, 5) is 3.32. The number of hydrogen-bond donors (Lipinski definition) is 3. The smallest absolute Gasteiger partial charge is 0.242 e. The Morgan fingerprint density at radius 3 is 2.85 bits per heavy atom. The SMILES string of the molecule is CNCc1cc(S(=O)(=O)NC2CCCCC2SC)c[nH]1. The number of aromatic amines is 1. The summed E-state index contributed by atoms with van der Waals surface area (Å²) in [6.45, 7) is 0.631. The van der Waals surface area contributed by atoms with E-state index in [2.05, 4.69) is 21.3 Å². The minimum absolute atomic E-state index is 0.0476. The van der Waals surface area contributed by atoms with E-state index >= 15 is 0 Å². The van der Waals surface area contributed by atoms with Gasteiger partial charge in [0.25, 0.3) is 0 Å². The number of nitrogens with one attached hydrogen (secondary N) is 3. The predicted molar refractivity (Wildman–Crippen MR) is 83.4 cm³/mol. The first-order valence-corrected chi connectivity index (χ1v) is 9.71. The second kappa shape index (κ2) is 6.98. The molecule has 1 fully saturated rings. The lowest BCUT2D eigenvalue weighted by Gasteiger charge is -2.30. The Morgan fingerprint density at radius 2 is 2.15 bits per heavy atom. The lowest BCUT2D eigenvalue weighted by atomic mass is 9.96. The molecule has 5 nitrogen and oxygen atoms in total. The quantitative estimate of drug-likeness (QED) is 0.746. The van der Waals surface area contributed by atoms with Crippen LogP contribution in [0, 0.1) is 0 Å². The second-order valence-corrected chi connectivity index (χ2v) is 7.97. The Kier molecular flexibility index (Phi) is 5.54. The summed E-state index contributed by atoms with van der Waals surface area (Å²) in [5, 5.41) is 3.38. The van der Waals surface area contributed by atoms with Crippen LogP contribution in [0.1, 0.15) is 31.4 Å². The summed E-state index contributed by atoms with van der Waals surface area (Å²) < 4.78 is 27.7. The third-order valence-electron chi connectivity index (χ3n) is 3.71. The highest BCUT2D eigenvalue weighted by molar-refractivity contribution is 7.99. The fourth-order valence-electron chi connectivity index (χ4n) is 2.65. The van der Waals surface area contributed by atoms with Gasteiger partial charge in [-0.3, -0.25) is 0 Å². The van der Waals surface area contributed by atoms with Crippen molar-refractivity contribution in [2.75, 3.05) is 13.3 Å². The Morgan fingerprint density at radius 1 is 1.40 bits per heavy atom. The van der Waals surface area contributed by atoms with Gasteiger partial charge in [-0.1, -0.05) is 12.8 Å². The molecule has 2 unspecified atom stereocenters. The van der Waals surface area contributed by atoms with Gasteiger partial charge >= 0.3 is 0 Å². The topological polar surface area (TPSA) is 74.0 Å². The summed E-state index contributed by atoms with van der Waals surface area (Å²) in [6.07, 6.45) is 7.93. The van der Waals surface area contributed by atoms with Gasteiger partial charge in [-0.15, -0.1) is 0 Å². The molecule has 0 aliphatic heterocycles. The first-order chi connectivity index (χ1) is 9.56. The van der Waals surface area contributed by atoms with E-state index in [0.29, 0.717) is 16.7 Å². The summed E-state index contributed by atoms with van der Waals surface area (Å²) in [6, 6.07) is 1.74. The first kappa shape index (κ1) is 15.9. The van der Waals surface area contributed by atoms with Crippen LogP contribution in [0.15, 0.2) is 17.2 Å². The van der Waals surface area contributed by atoms with Crippen molar-refractivity contribution in [1.29, 1.82) is 0 Å². The van der Waals surface area contributed by atoms with E-state index in [9.17, 15) is 8.42 Å². The van der Waals surface area contributed by atoms with Crippen molar-refractivity contribution in [1.82, 2.24) is 15.0 Å². The zero-order valence-electron chi connectivity index (χ0n) is 12.0. The van der Waals surface area contributed by atoms with E-state index in [1.807, 2.05) is 7.05 Å². The van der Waals surface area contributed by atoms with Crippen LogP contribution < -0.4 is 10.0 Å². The molecule has 0 bridgehead atoms. The van der Waals surface area contributed by atoms with Gasteiger partial charge in [0.1, 0.15) is 0 Å². The van der Waals surface area contributed by atoms with Gasteiger partial charge in [-0.25, -0.2) is 13.1 Å². The van der Waals surface area contributed by atoms with Crippen molar-refractivity contribution in [3.63, 3.8) is 0 Å². The summed E-state index contributed by atoms with van der Waals surface area (Å²) in [5.41, 5.74) is 0.873. The first-order valence-electron chi connectivity index (χ1n) is 6.94. The Bertz CT molecular complexity index is 527. The molecule has 0 spiro atoms. The maximum absolute atomic E-state index is 12.4. The maximum Gasteiger partial charge on any atom is 0.242 e. The molecule has 3 N–H and O–H groups in total. The van der Waals surface area contributed by atoms with Gasteiger partial charge in [0.15, 0.2) is 0 Å². The molecule has 2 atom stereocenters. The van der Waals surface area contributed by atoms with Crippen molar-refractivity contribution in [2.24, 2.45) is 0 Å². The predicted octanol–water partition coefficient (Wildman–Crippen LogP) is 1.69. The molecule has 7 heteroatoms. The highest BCUT2D eigenvalue weighted by Gasteiger charge is 2.29. The van der Waals surface area contributed by atoms with Gasteiger partial charge < -0.3 is 10.3 Å². The number of sulfonamides is 1. The lowest BCUT2D eigenvalue weighted by molar-refractivity contribution is 0.423. The normalized spacial score (nSPS) is 23.9. The monoisotopic (exact) mass is 317 g/mol. The minimum Gasteiger partial charge on any atom is -0.363 e. The van der Waals surface area contributed by atoms with Crippen molar-refractivity contribution < 1.29 is 8.42 Å². The van der Waals surface area contributed by atoms with Gasteiger partial charge in [-0.05, 0) is 32.2 Å². The molecule has 1 heterocycles. The fourth-order valence-corrected chi connectivity index (χ4v) is 5.00. The van der Waals surface area contributed by atoms with Crippen LogP contribution in [0.4, 0.5) is 0 Å². The summed E-state index contributed by atoms with van der Waals surface area (Å²) in [7, 11) is -1.59. The second-order valence-electron chi connectivity index (χ2n) is 5.18. The number of thioether (sulfide) groups is 1. The van der Waals surface area contributed by atoms with Crippen molar-refractivity contribution in [2.45, 2.75) is 48.4 Å². The molecule has 114 valence electrons. The Labute approximate surface area is 125 Å². The molecule has 1 aliphatic carbocycles. The summed E-state index contributed by atoms with van der Waals surface area (Å²) in [5.74, 6) is 0. The average Bonchev–Trinajstić information content (AvgIpc) is 2.89. The zero-order chi connectivity index (χ0) is 14.6. The van der Waals surface area contributed by atoms with Gasteiger partial charge in [-0.2, -0.15) is 11.8 Å². The van der Waals surface area contributed by atoms with Crippen LogP contribution in [0.3, 0.4) is 0 Å². The maximum atomic E-state index is 12.4. The zero-order valence-corrected chi connectivity index (χ0v) is 13.6. The van der Waals surface area contributed by atoms with E-state index in [-0.39, 0.29) is 6.04 Å². The van der Waals surface area contributed by atoms with Crippen molar-refractivity contribution in [3.05, 3.63) is 18.0 Å². The highest BCUT2D eigenvalue weighted by atomic mass is 32.2. The third-order valence-corrected chi connectivity index (χ3v) is 6.34. The average molecular weight is 317 g/mol. The molecule has 1 aromatic heterocycles. The standard InChI is InChI=1S/C13H23N3O2S2/c1-14-8-10-7-11(9-15-10)20(17,18)16-12-5-3-4-6-13(12)19-2/h7,9,12-16H,3-6,8H2,1-2H3. The van der Waals surface area contributed by atoms with Gasteiger partial charge in [0.05, 0.1) is 4.90 Å². The number of H-pyrrole nitrogens is 1. The molecule has 0 aromatic carbocycles. The van der Waals surface area contributed by atoms with Crippen LogP contribution in [0.2, 0.25) is 0 Å². The number of hydrogen-bond acceptors (Lipinski definition) is 4. The number of rotatable bonds is 6. The molecule has 1 saturated carbocycles. The molecule has 2 rings (SSSR count). The molecular weight excluding hydrogens is 294 g/mol. The third kappa shape index (κ3) is 3.78. The van der Waals surface area contributed by atoms with Crippen molar-refractivity contribution in [3.8, 4) is 0 Å². The fraction of sp³-hybridized carbons (Fsp3) is 0.692. The molecule has 0 amide bonds. The molecule has 0 radical (unpaired) electrons. The van der Waals surface area contributed by atoms with Crippen LogP contribution >= 0.6 is 11.8 Å². The Balaban J connectivity index is 2.09. The summed E-state index contributed by atoms with van der Waals surface area (Å²) >= 11 is 1.76. The number of aromatic nitrogens is 1. The molecular formula is C13H23N3O2S2. The Hall–Kier alpha value is -0.500. The van der Waals surface area contributed by atoms with Crippen LogP contribution in [0.25, 0.3) is 0 Å². The lowest BCUT2D eigenvalue weighted by Crippen LogP contribution is -2.43. The van der Waals surface area contributed by atoms with Crippen LogP contribution in [-0.2, 0) is 16.6 Å². The molecule has 1 aliphatic rings. The van der Waals surface area contributed by atoms with Crippen LogP contribution in [-0.4, -0.2) is 38.0 Å². The molecule has 1 aromatic rings. The van der Waals surface area contributed by atoms with E-state index in [4.69, 9.17) is 0 Å². The van der Waals surface area contributed by atoms with E-state index in [1.54, 1.807) is 24.0 Å². The van der Waals surface area contributed by atoms with E-state index < -0.39 is 10.0 Å². The van der Waals surface area contributed by atoms with Gasteiger partial charge in [0.2, 0.25) is 10.0 Å². The van der Waals surface area contributed by atoms with Crippen LogP contribution in [0.5, 0.6) is 0 Å². The largest absolute Gasteiger partial charge is 0.363 e. The van der Waals surface area contributed by atoms with E-state index in [0.717, 1.165) is 25.0 Å². The van der Waals surface area contributed by atoms with E-state index in [1.165, 1.54) is 6.42 Å².